The predicted molar refractivity (Wildman–Crippen MR) is 179 cm³/mol. The molecule has 3 aliphatic heterocycles. The van der Waals surface area contributed by atoms with Crippen LogP contribution in [0.2, 0.25) is 10.0 Å². The number of likely N-dealkylation sites (tertiary alicyclic amines) is 1. The number of piperazine rings is 1. The van der Waals surface area contributed by atoms with Crippen LogP contribution in [-0.2, 0) is 25.6 Å². The number of halogens is 2. The summed E-state index contributed by atoms with van der Waals surface area (Å²) in [5, 5.41) is 26.9. The highest BCUT2D eigenvalue weighted by Gasteiger charge is 2.41. The smallest absolute Gasteiger partial charge is 0.334 e. The van der Waals surface area contributed by atoms with Gasteiger partial charge in [0, 0.05) is 96.2 Å². The number of aliphatic carboxylic acids is 2. The second-order valence-corrected chi connectivity index (χ2v) is 14.4. The normalized spacial score (nSPS) is 19.4. The SMILES string of the molecule is CC(C)(CCN1CCN(C(=O)CC2=C(C(=O)O)C(c3c(Cl)cccc3Cl)C(C(=O)O)=C(CCc3nccs3)N2)CC1)N1CCCC1=O. The quantitative estimate of drug-likeness (QED) is 0.285. The number of nitrogens with one attached hydrogen (secondary N) is 1. The predicted octanol–water partition coefficient (Wildman–Crippen LogP) is 4.77. The molecule has 1 atom stereocenters. The number of hydrogen-bond donors (Lipinski definition) is 3. The summed E-state index contributed by atoms with van der Waals surface area (Å²) in [7, 11) is 0. The Bertz CT molecular complexity index is 1580. The summed E-state index contributed by atoms with van der Waals surface area (Å²) in [6.45, 7) is 7.99. The maximum absolute atomic E-state index is 13.7. The van der Waals surface area contributed by atoms with E-state index in [0.29, 0.717) is 39.0 Å². The number of benzene rings is 1. The fraction of sp³-hybridized carbons (Fsp3) is 0.485. The minimum Gasteiger partial charge on any atom is -0.478 e. The van der Waals surface area contributed by atoms with Crippen molar-refractivity contribution in [2.45, 2.75) is 63.8 Å². The summed E-state index contributed by atoms with van der Waals surface area (Å²) in [5.74, 6) is -4.07. The number of aryl methyl sites for hydroxylation is 1. The van der Waals surface area contributed by atoms with E-state index in [-0.39, 0.29) is 68.3 Å². The van der Waals surface area contributed by atoms with Crippen LogP contribution in [0.15, 0.2) is 52.3 Å². The Balaban J connectivity index is 1.36. The van der Waals surface area contributed by atoms with Crippen LogP contribution in [0, 0.1) is 0 Å². The van der Waals surface area contributed by atoms with E-state index in [1.165, 1.54) is 23.5 Å². The van der Waals surface area contributed by atoms with E-state index in [2.05, 4.69) is 29.0 Å². The molecular weight excluding hydrogens is 665 g/mol. The van der Waals surface area contributed by atoms with Gasteiger partial charge in [-0.25, -0.2) is 14.6 Å². The molecular formula is C33H39Cl2N5O6S. The Morgan fingerprint density at radius 2 is 1.66 bits per heavy atom. The standard InChI is InChI=1S/C33H39Cl2N5O6S/c1-33(2,40-12-4-7-25(40)41)10-13-38-14-16-39(17-15-38)26(42)19-23-29(32(45)46)30(27-20(34)5-3-6-21(27)35)28(31(43)44)22(37-23)8-9-24-36-11-18-47-24/h3,5-6,11,18,30,37H,4,7-10,12-17,19H2,1-2H3,(H,43,44)(H,45,46). The van der Waals surface area contributed by atoms with Crippen LogP contribution in [0.4, 0.5) is 0 Å². The second-order valence-electron chi connectivity index (χ2n) is 12.6. The molecule has 1 aromatic heterocycles. The van der Waals surface area contributed by atoms with Crippen molar-refractivity contribution in [2.75, 3.05) is 39.3 Å². The number of allylic oxidation sites excluding steroid dienone is 1. The Labute approximate surface area is 287 Å². The summed E-state index contributed by atoms with van der Waals surface area (Å²) < 4.78 is 0. The molecule has 2 saturated heterocycles. The van der Waals surface area contributed by atoms with Crippen LogP contribution >= 0.6 is 34.5 Å². The fourth-order valence-corrected chi connectivity index (χ4v) is 7.91. The molecule has 3 N–H and O–H groups in total. The molecule has 0 spiro atoms. The van der Waals surface area contributed by atoms with Crippen molar-refractivity contribution < 1.29 is 29.4 Å². The molecule has 0 aliphatic carbocycles. The highest BCUT2D eigenvalue weighted by molar-refractivity contribution is 7.09. The molecule has 2 aromatic rings. The van der Waals surface area contributed by atoms with Crippen LogP contribution in [0.25, 0.3) is 0 Å². The van der Waals surface area contributed by atoms with E-state index in [1.54, 1.807) is 17.2 Å². The first-order valence-corrected chi connectivity index (χ1v) is 17.3. The minimum atomic E-state index is -1.37. The Morgan fingerprint density at radius 3 is 2.23 bits per heavy atom. The number of carbonyl (C=O) groups excluding carboxylic acids is 2. The molecule has 3 aliphatic rings. The summed E-state index contributed by atoms with van der Waals surface area (Å²) in [5.41, 5.74) is -0.144. The van der Waals surface area contributed by atoms with Gasteiger partial charge >= 0.3 is 11.9 Å². The number of amides is 2. The van der Waals surface area contributed by atoms with Gasteiger partial charge in [0.1, 0.15) is 0 Å². The van der Waals surface area contributed by atoms with Crippen LogP contribution in [0.3, 0.4) is 0 Å². The van der Waals surface area contributed by atoms with Gasteiger partial charge in [0.05, 0.1) is 28.5 Å². The lowest BCUT2D eigenvalue weighted by Crippen LogP contribution is -2.51. The molecule has 14 heteroatoms. The average Bonchev–Trinajstić information content (AvgIpc) is 3.71. The van der Waals surface area contributed by atoms with E-state index in [0.717, 1.165) is 30.9 Å². The summed E-state index contributed by atoms with van der Waals surface area (Å²) in [6.07, 6.45) is 4.34. The van der Waals surface area contributed by atoms with Gasteiger partial charge in [-0.3, -0.25) is 14.5 Å². The topological polar surface area (TPSA) is 143 Å². The third-order valence-corrected chi connectivity index (χ3v) is 10.7. The van der Waals surface area contributed by atoms with E-state index in [1.807, 2.05) is 10.3 Å². The van der Waals surface area contributed by atoms with E-state index >= 15 is 0 Å². The first-order valence-electron chi connectivity index (χ1n) is 15.7. The van der Waals surface area contributed by atoms with E-state index < -0.39 is 17.9 Å². The zero-order valence-corrected chi connectivity index (χ0v) is 28.8. The van der Waals surface area contributed by atoms with Crippen LogP contribution in [0.5, 0.6) is 0 Å². The van der Waals surface area contributed by atoms with Crippen molar-refractivity contribution in [1.29, 1.82) is 0 Å². The molecule has 252 valence electrons. The van der Waals surface area contributed by atoms with Crippen LogP contribution in [-0.4, -0.2) is 98.5 Å². The van der Waals surface area contributed by atoms with Gasteiger partial charge in [-0.05, 0) is 45.2 Å². The van der Waals surface area contributed by atoms with E-state index in [9.17, 15) is 29.4 Å². The number of aromatic nitrogens is 1. The van der Waals surface area contributed by atoms with Crippen molar-refractivity contribution >= 4 is 58.3 Å². The van der Waals surface area contributed by atoms with Crippen molar-refractivity contribution in [3.63, 3.8) is 0 Å². The highest BCUT2D eigenvalue weighted by Crippen LogP contribution is 2.45. The maximum Gasteiger partial charge on any atom is 0.334 e. The molecule has 4 heterocycles. The molecule has 0 radical (unpaired) electrons. The van der Waals surface area contributed by atoms with Crippen LogP contribution < -0.4 is 5.32 Å². The van der Waals surface area contributed by atoms with Crippen molar-refractivity contribution in [2.24, 2.45) is 0 Å². The Kier molecular flexibility index (Phi) is 11.0. The number of dihydropyridines is 1. The zero-order valence-electron chi connectivity index (χ0n) is 26.4. The third-order valence-electron chi connectivity index (χ3n) is 9.25. The first-order chi connectivity index (χ1) is 22.4. The lowest BCUT2D eigenvalue weighted by Gasteiger charge is -2.40. The molecule has 0 saturated carbocycles. The third kappa shape index (κ3) is 7.83. The molecule has 1 unspecified atom stereocenters. The van der Waals surface area contributed by atoms with Gasteiger partial charge in [-0.2, -0.15) is 0 Å². The van der Waals surface area contributed by atoms with Gasteiger partial charge in [0.15, 0.2) is 0 Å². The monoisotopic (exact) mass is 703 g/mol. The van der Waals surface area contributed by atoms with Crippen molar-refractivity contribution in [1.82, 2.24) is 25.0 Å². The minimum absolute atomic E-state index is 0.113. The van der Waals surface area contributed by atoms with Crippen molar-refractivity contribution in [3.05, 3.63) is 72.9 Å². The number of hydrogen-bond acceptors (Lipinski definition) is 8. The highest BCUT2D eigenvalue weighted by atomic mass is 35.5. The molecule has 47 heavy (non-hydrogen) atoms. The van der Waals surface area contributed by atoms with E-state index in [4.69, 9.17) is 23.2 Å². The molecule has 2 fully saturated rings. The van der Waals surface area contributed by atoms with Gasteiger partial charge in [-0.15, -0.1) is 11.3 Å². The average molecular weight is 705 g/mol. The number of carbonyl (C=O) groups is 4. The van der Waals surface area contributed by atoms with Gasteiger partial charge in [-0.1, -0.05) is 29.3 Å². The zero-order chi connectivity index (χ0) is 33.9. The van der Waals surface area contributed by atoms with Gasteiger partial charge < -0.3 is 25.3 Å². The summed E-state index contributed by atoms with van der Waals surface area (Å²) >= 11 is 14.5. The largest absolute Gasteiger partial charge is 0.478 e. The molecule has 5 rings (SSSR count). The lowest BCUT2D eigenvalue weighted by molar-refractivity contribution is -0.134. The number of carboxylic acid groups (broad SMARTS) is 2. The number of rotatable bonds is 12. The maximum atomic E-state index is 13.7. The fourth-order valence-electron chi connectivity index (χ4n) is 6.67. The molecule has 2 amide bonds. The second kappa shape index (κ2) is 14.8. The van der Waals surface area contributed by atoms with Crippen LogP contribution in [0.1, 0.15) is 62.4 Å². The summed E-state index contributed by atoms with van der Waals surface area (Å²) in [6, 6.07) is 4.67. The van der Waals surface area contributed by atoms with Gasteiger partial charge in [0.25, 0.3) is 0 Å². The Morgan fingerprint density at radius 1 is 1.00 bits per heavy atom. The number of nitrogens with zero attached hydrogens (tertiary/aromatic N) is 4. The van der Waals surface area contributed by atoms with Crippen molar-refractivity contribution in [3.8, 4) is 0 Å². The molecule has 0 bridgehead atoms. The molecule has 11 nitrogen and oxygen atoms in total. The van der Waals surface area contributed by atoms with Gasteiger partial charge in [0.2, 0.25) is 11.8 Å². The Hall–Kier alpha value is -3.45. The summed E-state index contributed by atoms with van der Waals surface area (Å²) in [4.78, 5) is 62.0. The molecule has 1 aromatic carbocycles. The lowest BCUT2D eigenvalue weighted by atomic mass is 9.79. The number of thiazole rings is 1. The number of carboxylic acids is 2. The first kappa shape index (κ1) is 34.9.